The van der Waals surface area contributed by atoms with E-state index in [1.54, 1.807) is 0 Å². The first-order valence-electron chi connectivity index (χ1n) is 8.73. The summed E-state index contributed by atoms with van der Waals surface area (Å²) in [6, 6.07) is 12.0. The van der Waals surface area contributed by atoms with Gasteiger partial charge in [0.2, 0.25) is 5.91 Å². The number of rotatable bonds is 5. The van der Waals surface area contributed by atoms with E-state index in [9.17, 15) is 4.79 Å². The molecular formula is C19H27ClN4O. The fourth-order valence-electron chi connectivity index (χ4n) is 3.45. The highest BCUT2D eigenvalue weighted by atomic mass is 35.5. The van der Waals surface area contributed by atoms with Crippen molar-refractivity contribution >= 4 is 18.3 Å². The lowest BCUT2D eigenvalue weighted by Crippen LogP contribution is -2.53. The van der Waals surface area contributed by atoms with Crippen LogP contribution in [-0.4, -0.2) is 27.8 Å². The van der Waals surface area contributed by atoms with Crippen LogP contribution in [0, 0.1) is 5.92 Å². The number of hydrogen-bond acceptors (Lipinski definition) is 3. The number of carbonyl (C=O) groups excluding carboxylic acids is 1. The van der Waals surface area contributed by atoms with Gasteiger partial charge in [-0.25, -0.2) is 4.68 Å². The van der Waals surface area contributed by atoms with Crippen molar-refractivity contribution in [3.63, 3.8) is 0 Å². The summed E-state index contributed by atoms with van der Waals surface area (Å²) < 4.78 is 1.86. The van der Waals surface area contributed by atoms with Gasteiger partial charge in [-0.15, -0.1) is 12.4 Å². The summed E-state index contributed by atoms with van der Waals surface area (Å²) in [5.74, 6) is 0.00955. The van der Waals surface area contributed by atoms with Crippen molar-refractivity contribution in [3.8, 4) is 5.69 Å². The molecule has 0 aliphatic heterocycles. The minimum atomic E-state index is -0.378. The molecule has 3 N–H and O–H groups in total. The molecule has 1 aliphatic rings. The molecule has 0 saturated heterocycles. The number of nitrogens with two attached hydrogens (primary N) is 1. The van der Waals surface area contributed by atoms with Crippen molar-refractivity contribution in [2.45, 2.75) is 44.6 Å². The van der Waals surface area contributed by atoms with E-state index in [0.717, 1.165) is 43.5 Å². The molecule has 1 heterocycles. The van der Waals surface area contributed by atoms with Gasteiger partial charge in [-0.05, 0) is 38.0 Å². The number of benzene rings is 1. The van der Waals surface area contributed by atoms with E-state index >= 15 is 0 Å². The fraction of sp³-hybridized carbons (Fsp3) is 0.474. The summed E-state index contributed by atoms with van der Waals surface area (Å²) in [7, 11) is 0. The lowest BCUT2D eigenvalue weighted by Gasteiger charge is -2.37. The third-order valence-corrected chi connectivity index (χ3v) is 4.92. The highest BCUT2D eigenvalue weighted by molar-refractivity contribution is 5.85. The maximum absolute atomic E-state index is 12.4. The largest absolute Gasteiger partial charge is 0.355 e. The Bertz CT molecular complexity index is 684. The summed E-state index contributed by atoms with van der Waals surface area (Å²) in [5.41, 5.74) is 7.93. The van der Waals surface area contributed by atoms with E-state index < -0.39 is 0 Å². The van der Waals surface area contributed by atoms with Crippen molar-refractivity contribution < 1.29 is 4.79 Å². The molecule has 136 valence electrons. The van der Waals surface area contributed by atoms with Gasteiger partial charge in [0.15, 0.2) is 0 Å². The second-order valence-electron chi connectivity index (χ2n) is 6.93. The topological polar surface area (TPSA) is 72.9 Å². The van der Waals surface area contributed by atoms with Gasteiger partial charge in [0.05, 0.1) is 17.3 Å². The van der Waals surface area contributed by atoms with Gasteiger partial charge < -0.3 is 11.1 Å². The molecule has 1 aromatic heterocycles. The Morgan fingerprint density at radius 1 is 1.32 bits per heavy atom. The third-order valence-electron chi connectivity index (χ3n) is 4.92. The monoisotopic (exact) mass is 362 g/mol. The molecule has 2 atom stereocenters. The van der Waals surface area contributed by atoms with Crippen LogP contribution in [0.1, 0.15) is 38.3 Å². The van der Waals surface area contributed by atoms with Gasteiger partial charge in [-0.2, -0.15) is 5.10 Å². The maximum atomic E-state index is 12.4. The molecule has 1 amide bonds. The van der Waals surface area contributed by atoms with Crippen LogP contribution >= 0.6 is 12.4 Å². The summed E-state index contributed by atoms with van der Waals surface area (Å²) in [4.78, 5) is 12.4. The third kappa shape index (κ3) is 4.83. The zero-order valence-corrected chi connectivity index (χ0v) is 15.5. The number of hydrogen-bond donors (Lipinski definition) is 2. The zero-order valence-electron chi connectivity index (χ0n) is 14.6. The standard InChI is InChI=1S/C19H26N4O.ClH/c1-19(20)12-6-5-9-17(19)18(24)21-13-10-15-11-14-23(22-15)16-7-3-2-4-8-16;/h2-4,7-8,11,14,17H,5-6,9-10,12-13,20H2,1H3,(H,21,24);1H. The highest BCUT2D eigenvalue weighted by Gasteiger charge is 2.37. The van der Waals surface area contributed by atoms with Crippen molar-refractivity contribution in [2.75, 3.05) is 6.54 Å². The van der Waals surface area contributed by atoms with Crippen molar-refractivity contribution in [1.82, 2.24) is 15.1 Å². The summed E-state index contributed by atoms with van der Waals surface area (Å²) >= 11 is 0. The Morgan fingerprint density at radius 3 is 2.80 bits per heavy atom. The SMILES string of the molecule is CC1(N)CCCCC1C(=O)NCCc1ccn(-c2ccccc2)n1.Cl. The van der Waals surface area contributed by atoms with Crippen LogP contribution in [-0.2, 0) is 11.2 Å². The minimum Gasteiger partial charge on any atom is -0.355 e. The van der Waals surface area contributed by atoms with E-state index in [2.05, 4.69) is 10.4 Å². The average Bonchev–Trinajstić information content (AvgIpc) is 3.04. The number of nitrogens with zero attached hydrogens (tertiary/aromatic N) is 2. The second-order valence-corrected chi connectivity index (χ2v) is 6.93. The first-order valence-corrected chi connectivity index (χ1v) is 8.73. The van der Waals surface area contributed by atoms with E-state index in [-0.39, 0.29) is 29.8 Å². The number of carbonyl (C=O) groups is 1. The molecule has 0 spiro atoms. The van der Waals surface area contributed by atoms with E-state index in [0.29, 0.717) is 6.54 Å². The molecule has 1 saturated carbocycles. The molecule has 0 bridgehead atoms. The van der Waals surface area contributed by atoms with Crippen LogP contribution in [0.5, 0.6) is 0 Å². The first-order chi connectivity index (χ1) is 11.6. The quantitative estimate of drug-likeness (QED) is 0.858. The fourth-order valence-corrected chi connectivity index (χ4v) is 3.45. The lowest BCUT2D eigenvalue weighted by atomic mass is 9.74. The van der Waals surface area contributed by atoms with Gasteiger partial charge in [-0.1, -0.05) is 31.0 Å². The number of para-hydroxylation sites is 1. The van der Waals surface area contributed by atoms with Crippen LogP contribution in [0.3, 0.4) is 0 Å². The van der Waals surface area contributed by atoms with Gasteiger partial charge in [0, 0.05) is 24.7 Å². The summed E-state index contributed by atoms with van der Waals surface area (Å²) in [6.45, 7) is 2.59. The second kappa shape index (κ2) is 8.50. The minimum absolute atomic E-state index is 0. The molecule has 1 aromatic carbocycles. The normalized spacial score (nSPS) is 22.9. The van der Waals surface area contributed by atoms with Gasteiger partial charge >= 0.3 is 0 Å². The molecule has 2 aromatic rings. The predicted molar refractivity (Wildman–Crippen MR) is 102 cm³/mol. The smallest absolute Gasteiger partial charge is 0.224 e. The molecule has 1 fully saturated rings. The summed E-state index contributed by atoms with van der Waals surface area (Å²) in [6.07, 6.45) is 6.69. The van der Waals surface area contributed by atoms with Gasteiger partial charge in [0.1, 0.15) is 0 Å². The molecule has 3 rings (SSSR count). The van der Waals surface area contributed by atoms with Crippen LogP contribution < -0.4 is 11.1 Å². The van der Waals surface area contributed by atoms with Crippen LogP contribution in [0.2, 0.25) is 0 Å². The van der Waals surface area contributed by atoms with Gasteiger partial charge in [0.25, 0.3) is 0 Å². The van der Waals surface area contributed by atoms with E-state index in [4.69, 9.17) is 5.73 Å². The van der Waals surface area contributed by atoms with E-state index in [1.165, 1.54) is 0 Å². The number of nitrogens with one attached hydrogen (secondary N) is 1. The number of amides is 1. The molecule has 25 heavy (non-hydrogen) atoms. The Kier molecular flexibility index (Phi) is 6.62. The maximum Gasteiger partial charge on any atom is 0.224 e. The zero-order chi connectivity index (χ0) is 17.0. The molecule has 0 radical (unpaired) electrons. The van der Waals surface area contributed by atoms with Crippen LogP contribution in [0.25, 0.3) is 5.69 Å². The Balaban J connectivity index is 0.00000225. The lowest BCUT2D eigenvalue weighted by molar-refractivity contribution is -0.128. The predicted octanol–water partition coefficient (Wildman–Crippen LogP) is 2.86. The first kappa shape index (κ1) is 19.5. The van der Waals surface area contributed by atoms with Crippen molar-refractivity contribution in [1.29, 1.82) is 0 Å². The molecular weight excluding hydrogens is 336 g/mol. The Morgan fingerprint density at radius 2 is 2.08 bits per heavy atom. The van der Waals surface area contributed by atoms with Crippen LogP contribution in [0.15, 0.2) is 42.6 Å². The number of halogens is 1. The van der Waals surface area contributed by atoms with Gasteiger partial charge in [-0.3, -0.25) is 4.79 Å². The highest BCUT2D eigenvalue weighted by Crippen LogP contribution is 2.31. The van der Waals surface area contributed by atoms with Crippen LogP contribution in [0.4, 0.5) is 0 Å². The van der Waals surface area contributed by atoms with Crippen molar-refractivity contribution in [2.24, 2.45) is 11.7 Å². The molecule has 2 unspecified atom stereocenters. The number of aromatic nitrogens is 2. The van der Waals surface area contributed by atoms with Crippen molar-refractivity contribution in [3.05, 3.63) is 48.3 Å². The Labute approximate surface area is 155 Å². The molecule has 5 nitrogen and oxygen atoms in total. The average molecular weight is 363 g/mol. The van der Waals surface area contributed by atoms with E-state index in [1.807, 2.05) is 54.2 Å². The molecule has 1 aliphatic carbocycles. The molecule has 6 heteroatoms. The Hall–Kier alpha value is -1.85. The summed E-state index contributed by atoms with van der Waals surface area (Å²) in [5, 5.41) is 7.60.